The van der Waals surface area contributed by atoms with E-state index in [1.165, 1.54) is 17.8 Å². The van der Waals surface area contributed by atoms with Gasteiger partial charge in [-0.2, -0.15) is 0 Å². The number of hydrogen-bond donors (Lipinski definition) is 5. The molecule has 282 valence electrons. The number of nitrogens with two attached hydrogens (primary N) is 1. The van der Waals surface area contributed by atoms with E-state index in [0.29, 0.717) is 42.0 Å². The summed E-state index contributed by atoms with van der Waals surface area (Å²) in [7, 11) is -4.06. The standard InChI is InChI=1S/C38H51N5O7S2/c1-4-6-20-38(21-7-5-2)26-43(28-17-12-9-13-18-28)30-23-32(51-3)31(24-33(30)52(48,49)42-38)50-25-34(44)41-35(27-15-10-8-11-16-27)36(45)40-29(37(46)47)19-14-22-39/h8-13,15-18,23-24,29,35,42H,4-7,14,19-22,25-26,39H2,1-3H3,(H,40,45)(H,41,44)(H,46,47)/t29-,35+/m0/s1. The average molecular weight is 754 g/mol. The smallest absolute Gasteiger partial charge is 0.326 e. The molecule has 1 aliphatic rings. The van der Waals surface area contributed by atoms with Gasteiger partial charge < -0.3 is 31.1 Å². The van der Waals surface area contributed by atoms with Crippen molar-refractivity contribution < 1.29 is 32.6 Å². The molecule has 0 fully saturated rings. The van der Waals surface area contributed by atoms with Crippen LogP contribution in [0.3, 0.4) is 0 Å². The molecule has 0 spiro atoms. The summed E-state index contributed by atoms with van der Waals surface area (Å²) in [6.45, 7) is 4.36. The van der Waals surface area contributed by atoms with Crippen LogP contribution in [0.4, 0.5) is 11.4 Å². The summed E-state index contributed by atoms with van der Waals surface area (Å²) in [5.41, 5.74) is 6.65. The van der Waals surface area contributed by atoms with E-state index in [1.807, 2.05) is 36.6 Å². The van der Waals surface area contributed by atoms with E-state index in [2.05, 4.69) is 34.1 Å². The number of rotatable bonds is 19. The molecular weight excluding hydrogens is 703 g/mol. The molecule has 0 unspecified atom stereocenters. The van der Waals surface area contributed by atoms with Gasteiger partial charge in [-0.15, -0.1) is 11.8 Å². The Hall–Kier alpha value is -4.11. The number of nitrogens with one attached hydrogen (secondary N) is 3. The Morgan fingerprint density at radius 1 is 0.981 bits per heavy atom. The Labute approximate surface area is 311 Å². The largest absolute Gasteiger partial charge is 0.483 e. The van der Waals surface area contributed by atoms with E-state index in [9.17, 15) is 27.9 Å². The van der Waals surface area contributed by atoms with E-state index in [0.717, 1.165) is 31.4 Å². The summed E-state index contributed by atoms with van der Waals surface area (Å²) in [6, 6.07) is 19.0. The van der Waals surface area contributed by atoms with E-state index in [-0.39, 0.29) is 23.6 Å². The van der Waals surface area contributed by atoms with Gasteiger partial charge >= 0.3 is 5.97 Å². The summed E-state index contributed by atoms with van der Waals surface area (Å²) in [4.78, 5) is 41.3. The number of ether oxygens (including phenoxy) is 1. The fourth-order valence-corrected chi connectivity index (χ4v) is 8.57. The Morgan fingerprint density at radius 2 is 1.62 bits per heavy atom. The van der Waals surface area contributed by atoms with Crippen molar-refractivity contribution in [1.29, 1.82) is 0 Å². The highest BCUT2D eigenvalue weighted by molar-refractivity contribution is 7.98. The van der Waals surface area contributed by atoms with Crippen LogP contribution in [0.1, 0.15) is 76.8 Å². The van der Waals surface area contributed by atoms with Gasteiger partial charge in [-0.25, -0.2) is 17.9 Å². The maximum absolute atomic E-state index is 14.3. The second kappa shape index (κ2) is 19.1. The quantitative estimate of drug-likeness (QED) is 0.0982. The number of fused-ring (bicyclic) bond motifs is 1. The summed E-state index contributed by atoms with van der Waals surface area (Å²) < 4.78 is 37.7. The lowest BCUT2D eigenvalue weighted by molar-refractivity contribution is -0.142. The van der Waals surface area contributed by atoms with Crippen molar-refractivity contribution in [3.63, 3.8) is 0 Å². The molecule has 0 aliphatic carbocycles. The molecular formula is C38H51N5O7S2. The van der Waals surface area contributed by atoms with Gasteiger partial charge in [0.1, 0.15) is 22.7 Å². The molecule has 1 heterocycles. The van der Waals surface area contributed by atoms with Crippen molar-refractivity contribution in [3.8, 4) is 5.75 Å². The maximum atomic E-state index is 14.3. The SMILES string of the molecule is CCCCC1(CCCC)CN(c2ccccc2)c2cc(SC)c(OCC(=O)N[C@@H](C(=O)N[C@@H](CCCN)C(=O)O)c3ccccc3)cc2S(=O)(=O)N1. The highest BCUT2D eigenvalue weighted by Gasteiger charge is 2.42. The molecule has 0 radical (unpaired) electrons. The first kappa shape index (κ1) is 40.7. The third kappa shape index (κ3) is 10.5. The van der Waals surface area contributed by atoms with Crippen LogP contribution >= 0.6 is 11.8 Å². The zero-order valence-electron chi connectivity index (χ0n) is 30.1. The number of anilines is 2. The fraction of sp³-hybridized carbons (Fsp3) is 0.447. The predicted molar refractivity (Wildman–Crippen MR) is 204 cm³/mol. The molecule has 6 N–H and O–H groups in total. The van der Waals surface area contributed by atoms with Gasteiger partial charge in [-0.05, 0) is 62.2 Å². The van der Waals surface area contributed by atoms with E-state index in [1.54, 1.807) is 36.4 Å². The summed E-state index contributed by atoms with van der Waals surface area (Å²) in [5, 5.41) is 14.8. The highest BCUT2D eigenvalue weighted by atomic mass is 32.2. The third-order valence-electron chi connectivity index (χ3n) is 9.09. The minimum Gasteiger partial charge on any atom is -0.483 e. The summed E-state index contributed by atoms with van der Waals surface area (Å²) in [5.74, 6) is -2.38. The molecule has 0 saturated carbocycles. The van der Waals surface area contributed by atoms with Crippen LogP contribution in [0.5, 0.6) is 5.75 Å². The minimum atomic E-state index is -4.06. The molecule has 1 aliphatic heterocycles. The van der Waals surface area contributed by atoms with Gasteiger partial charge in [0, 0.05) is 18.3 Å². The van der Waals surface area contributed by atoms with Gasteiger partial charge in [-0.3, -0.25) is 9.59 Å². The first-order chi connectivity index (χ1) is 25.0. The van der Waals surface area contributed by atoms with Crippen molar-refractivity contribution >= 4 is 50.9 Å². The van der Waals surface area contributed by atoms with Crippen LogP contribution < -0.4 is 30.7 Å². The number of amides is 2. The molecule has 14 heteroatoms. The molecule has 2 atom stereocenters. The van der Waals surface area contributed by atoms with E-state index < -0.39 is 52.0 Å². The number of carbonyl (C=O) groups is 3. The number of thioether (sulfide) groups is 1. The zero-order valence-corrected chi connectivity index (χ0v) is 31.7. The zero-order chi connectivity index (χ0) is 37.7. The van der Waals surface area contributed by atoms with E-state index in [4.69, 9.17) is 10.5 Å². The molecule has 4 rings (SSSR count). The van der Waals surface area contributed by atoms with Gasteiger partial charge in [0.25, 0.3) is 5.91 Å². The molecule has 0 saturated heterocycles. The fourth-order valence-electron chi connectivity index (χ4n) is 6.37. The van der Waals surface area contributed by atoms with Crippen LogP contribution in [0.15, 0.2) is 82.6 Å². The van der Waals surface area contributed by atoms with Crippen molar-refractivity contribution in [2.45, 2.75) is 92.6 Å². The van der Waals surface area contributed by atoms with Gasteiger partial charge in [0.15, 0.2) is 6.61 Å². The molecule has 0 bridgehead atoms. The molecule has 3 aromatic carbocycles. The number of benzene rings is 3. The summed E-state index contributed by atoms with van der Waals surface area (Å²) >= 11 is 1.36. The van der Waals surface area contributed by atoms with E-state index >= 15 is 0 Å². The Balaban J connectivity index is 1.66. The number of carbonyl (C=O) groups excluding carboxylic acids is 2. The van der Waals surface area contributed by atoms with Crippen molar-refractivity contribution in [2.24, 2.45) is 5.73 Å². The van der Waals surface area contributed by atoms with Crippen LogP contribution in [-0.4, -0.2) is 68.8 Å². The lowest BCUT2D eigenvalue weighted by atomic mass is 9.87. The van der Waals surface area contributed by atoms with Crippen molar-refractivity contribution in [3.05, 3.63) is 78.4 Å². The molecule has 52 heavy (non-hydrogen) atoms. The lowest BCUT2D eigenvalue weighted by Crippen LogP contribution is -2.53. The molecule has 2 amide bonds. The number of carboxylic acid groups (broad SMARTS) is 1. The van der Waals surface area contributed by atoms with Crippen LogP contribution in [-0.2, 0) is 24.4 Å². The topological polar surface area (TPSA) is 180 Å². The van der Waals surface area contributed by atoms with Crippen molar-refractivity contribution in [1.82, 2.24) is 15.4 Å². The molecule has 0 aromatic heterocycles. The second-order valence-electron chi connectivity index (χ2n) is 13.0. The molecule has 12 nitrogen and oxygen atoms in total. The Kier molecular flexibility index (Phi) is 14.9. The van der Waals surface area contributed by atoms with Gasteiger partial charge in [-0.1, -0.05) is 88.1 Å². The monoisotopic (exact) mass is 753 g/mol. The van der Waals surface area contributed by atoms with Crippen LogP contribution in [0.25, 0.3) is 0 Å². The first-order valence-electron chi connectivity index (χ1n) is 17.8. The predicted octanol–water partition coefficient (Wildman–Crippen LogP) is 5.50. The number of sulfonamides is 1. The number of para-hydroxylation sites is 1. The lowest BCUT2D eigenvalue weighted by Gasteiger charge is -2.37. The normalized spacial score (nSPS) is 15.8. The number of aliphatic carboxylic acids is 1. The van der Waals surface area contributed by atoms with Gasteiger partial charge in [0.2, 0.25) is 15.9 Å². The number of unbranched alkanes of at least 4 members (excludes halogenated alkanes) is 2. The molecule has 3 aromatic rings. The summed E-state index contributed by atoms with van der Waals surface area (Å²) in [6.07, 6.45) is 7.27. The maximum Gasteiger partial charge on any atom is 0.326 e. The number of carboxylic acids is 1. The Bertz CT molecular complexity index is 1750. The van der Waals surface area contributed by atoms with Crippen LogP contribution in [0, 0.1) is 0 Å². The first-order valence-corrected chi connectivity index (χ1v) is 20.5. The number of hydrogen-bond acceptors (Lipinski definition) is 9. The van der Waals surface area contributed by atoms with Gasteiger partial charge in [0.05, 0.1) is 16.1 Å². The number of nitrogens with zero attached hydrogens (tertiary/aromatic N) is 1. The second-order valence-corrected chi connectivity index (χ2v) is 15.5. The third-order valence-corrected chi connectivity index (χ3v) is 11.5. The average Bonchev–Trinajstić information content (AvgIpc) is 3.24. The highest BCUT2D eigenvalue weighted by Crippen LogP contribution is 2.44. The van der Waals surface area contributed by atoms with Crippen LogP contribution in [0.2, 0.25) is 0 Å². The van der Waals surface area contributed by atoms with Crippen molar-refractivity contribution in [2.75, 3.05) is 30.9 Å². The Morgan fingerprint density at radius 3 is 2.19 bits per heavy atom. The minimum absolute atomic E-state index is 0.0400.